The Labute approximate surface area is 150 Å². The van der Waals surface area contributed by atoms with Gasteiger partial charge in [-0.1, -0.05) is 12.1 Å². The van der Waals surface area contributed by atoms with Crippen molar-refractivity contribution in [1.82, 2.24) is 9.96 Å². The number of ether oxygens (including phenoxy) is 1. The van der Waals surface area contributed by atoms with Gasteiger partial charge in [0.2, 0.25) is 0 Å². The number of hydrogen-bond acceptors (Lipinski definition) is 5. The lowest BCUT2D eigenvalue weighted by Crippen LogP contribution is -2.43. The maximum atomic E-state index is 13.8. The Hall–Kier alpha value is -2.48. The summed E-state index contributed by atoms with van der Waals surface area (Å²) in [5.41, 5.74) is -0.188. The third-order valence-electron chi connectivity index (χ3n) is 4.14. The minimum atomic E-state index is -1.21. The van der Waals surface area contributed by atoms with Crippen molar-refractivity contribution in [2.75, 3.05) is 13.2 Å². The van der Waals surface area contributed by atoms with E-state index in [1.807, 2.05) is 0 Å². The number of imide groups is 1. The number of halogens is 1. The molecular formula is C18H21FN2O5. The zero-order valence-corrected chi connectivity index (χ0v) is 14.9. The molecule has 0 N–H and O–H groups in total. The van der Waals surface area contributed by atoms with Gasteiger partial charge in [-0.3, -0.25) is 19.3 Å². The molecule has 8 heteroatoms. The van der Waals surface area contributed by atoms with Crippen molar-refractivity contribution in [2.45, 2.75) is 45.0 Å². The minimum absolute atomic E-state index is 0.0579. The molecule has 3 amide bonds. The van der Waals surface area contributed by atoms with Crippen LogP contribution in [0.3, 0.4) is 0 Å². The van der Waals surface area contributed by atoms with Crippen LogP contribution in [0, 0.1) is 0 Å². The van der Waals surface area contributed by atoms with Gasteiger partial charge in [-0.15, -0.1) is 5.06 Å². The Balaban J connectivity index is 1.66. The lowest BCUT2D eigenvalue weighted by molar-refractivity contribution is -0.104. The summed E-state index contributed by atoms with van der Waals surface area (Å²) in [5.74, 6) is -1.13. The van der Waals surface area contributed by atoms with Crippen molar-refractivity contribution in [2.24, 2.45) is 0 Å². The fourth-order valence-electron chi connectivity index (χ4n) is 3.01. The first-order valence-corrected chi connectivity index (χ1v) is 8.42. The average Bonchev–Trinajstić information content (AvgIpc) is 3.04. The predicted octanol–water partition coefficient (Wildman–Crippen LogP) is 2.56. The highest BCUT2D eigenvalue weighted by atomic mass is 19.1. The normalized spacial score (nSPS) is 22.8. The van der Waals surface area contributed by atoms with Crippen LogP contribution in [0.15, 0.2) is 24.3 Å². The first-order valence-electron chi connectivity index (χ1n) is 8.42. The Morgan fingerprint density at radius 3 is 2.31 bits per heavy atom. The van der Waals surface area contributed by atoms with Gasteiger partial charge in [0.15, 0.2) is 0 Å². The molecule has 0 spiro atoms. The molecule has 1 fully saturated rings. The summed E-state index contributed by atoms with van der Waals surface area (Å²) in [7, 11) is 0. The van der Waals surface area contributed by atoms with E-state index in [-0.39, 0.29) is 30.7 Å². The highest BCUT2D eigenvalue weighted by Crippen LogP contribution is 2.26. The molecule has 140 valence electrons. The van der Waals surface area contributed by atoms with Gasteiger partial charge in [0.25, 0.3) is 11.8 Å². The third kappa shape index (κ3) is 3.55. The predicted molar refractivity (Wildman–Crippen MR) is 89.1 cm³/mol. The molecule has 0 bridgehead atoms. The molecule has 2 heterocycles. The number of hydrogen-bond donors (Lipinski definition) is 0. The molecule has 2 atom stereocenters. The number of hydroxylamine groups is 2. The van der Waals surface area contributed by atoms with E-state index in [4.69, 9.17) is 9.57 Å². The van der Waals surface area contributed by atoms with Gasteiger partial charge in [-0.05, 0) is 32.9 Å². The average molecular weight is 364 g/mol. The van der Waals surface area contributed by atoms with E-state index in [1.54, 1.807) is 45.0 Å². The van der Waals surface area contributed by atoms with Gasteiger partial charge in [-0.25, -0.2) is 9.18 Å². The van der Waals surface area contributed by atoms with Gasteiger partial charge in [-0.2, -0.15) is 0 Å². The van der Waals surface area contributed by atoms with Crippen LogP contribution >= 0.6 is 0 Å². The second-order valence-corrected chi connectivity index (χ2v) is 7.37. The molecule has 0 aliphatic carbocycles. The van der Waals surface area contributed by atoms with Crippen molar-refractivity contribution < 1.29 is 28.3 Å². The van der Waals surface area contributed by atoms with Crippen LogP contribution in [-0.4, -0.2) is 58.8 Å². The van der Waals surface area contributed by atoms with E-state index in [2.05, 4.69) is 0 Å². The molecule has 1 aromatic carbocycles. The smallest absolute Gasteiger partial charge is 0.410 e. The number of alkyl halides is 1. The van der Waals surface area contributed by atoms with Gasteiger partial charge in [0.05, 0.1) is 30.3 Å². The van der Waals surface area contributed by atoms with E-state index in [9.17, 15) is 18.8 Å². The lowest BCUT2D eigenvalue weighted by atomic mass is 10.1. The molecule has 7 nitrogen and oxygen atoms in total. The van der Waals surface area contributed by atoms with Crippen molar-refractivity contribution in [1.29, 1.82) is 0 Å². The van der Waals surface area contributed by atoms with Crippen molar-refractivity contribution in [3.63, 3.8) is 0 Å². The Bertz CT molecular complexity index is 710. The topological polar surface area (TPSA) is 76.2 Å². The van der Waals surface area contributed by atoms with E-state index in [0.717, 1.165) is 0 Å². The van der Waals surface area contributed by atoms with Crippen LogP contribution in [-0.2, 0) is 9.57 Å². The lowest BCUT2D eigenvalue weighted by Gasteiger charge is -2.28. The Morgan fingerprint density at radius 2 is 1.77 bits per heavy atom. The summed E-state index contributed by atoms with van der Waals surface area (Å²) in [6, 6.07) is 5.77. The Morgan fingerprint density at radius 1 is 1.19 bits per heavy atom. The molecule has 26 heavy (non-hydrogen) atoms. The number of amides is 3. The van der Waals surface area contributed by atoms with Gasteiger partial charge < -0.3 is 4.74 Å². The molecule has 0 unspecified atom stereocenters. The molecule has 0 aromatic heterocycles. The monoisotopic (exact) mass is 364 g/mol. The maximum absolute atomic E-state index is 13.8. The van der Waals surface area contributed by atoms with Crippen molar-refractivity contribution in [3.05, 3.63) is 35.4 Å². The summed E-state index contributed by atoms with van der Waals surface area (Å²) in [4.78, 5) is 43.4. The molecule has 0 radical (unpaired) electrons. The van der Waals surface area contributed by atoms with Crippen LogP contribution in [0.2, 0.25) is 0 Å². The summed E-state index contributed by atoms with van der Waals surface area (Å²) in [6.07, 6.45) is -1.80. The Kier molecular flexibility index (Phi) is 4.70. The van der Waals surface area contributed by atoms with Crippen LogP contribution in [0.5, 0.6) is 0 Å². The zero-order chi connectivity index (χ0) is 19.1. The molecule has 3 rings (SSSR count). The fraction of sp³-hybridized carbons (Fsp3) is 0.500. The fourth-order valence-corrected chi connectivity index (χ4v) is 3.01. The molecular weight excluding hydrogens is 343 g/mol. The third-order valence-corrected chi connectivity index (χ3v) is 4.14. The number of fused-ring (bicyclic) bond motifs is 1. The number of benzene rings is 1. The molecule has 1 saturated heterocycles. The van der Waals surface area contributed by atoms with E-state index in [1.165, 1.54) is 4.90 Å². The summed E-state index contributed by atoms with van der Waals surface area (Å²) < 4.78 is 19.1. The van der Waals surface area contributed by atoms with Crippen molar-refractivity contribution >= 4 is 17.9 Å². The molecule has 2 aliphatic heterocycles. The minimum Gasteiger partial charge on any atom is -0.444 e. The maximum Gasteiger partial charge on any atom is 0.410 e. The number of likely N-dealkylation sites (tertiary alicyclic amines) is 1. The van der Waals surface area contributed by atoms with Crippen LogP contribution in [0.4, 0.5) is 9.18 Å². The summed E-state index contributed by atoms with van der Waals surface area (Å²) in [5, 5.41) is 0.670. The van der Waals surface area contributed by atoms with Gasteiger partial charge in [0, 0.05) is 6.42 Å². The molecule has 1 aromatic rings. The first-order chi connectivity index (χ1) is 12.2. The molecule has 0 saturated carbocycles. The summed E-state index contributed by atoms with van der Waals surface area (Å²) in [6.45, 7) is 4.88. The standard InChI is InChI=1S/C18H21FN2O5/c1-18(2,3)26-17(24)20-9-11(19)8-12(20)10-25-21-15(22)13-6-4-5-7-14(13)16(21)23/h4-7,11-12H,8-10H2,1-3H3/t11-,12-/m0/s1. The van der Waals surface area contributed by atoms with Crippen LogP contribution < -0.4 is 0 Å². The summed E-state index contributed by atoms with van der Waals surface area (Å²) >= 11 is 0. The van der Waals surface area contributed by atoms with Gasteiger partial charge in [0.1, 0.15) is 11.8 Å². The number of carbonyl (C=O) groups excluding carboxylic acids is 3. The van der Waals surface area contributed by atoms with E-state index < -0.39 is 35.7 Å². The second-order valence-electron chi connectivity index (χ2n) is 7.37. The first kappa shape index (κ1) is 18.3. The number of carbonyl (C=O) groups is 3. The van der Waals surface area contributed by atoms with E-state index >= 15 is 0 Å². The van der Waals surface area contributed by atoms with Crippen molar-refractivity contribution in [3.8, 4) is 0 Å². The zero-order valence-electron chi connectivity index (χ0n) is 14.9. The highest BCUT2D eigenvalue weighted by molar-refractivity contribution is 6.20. The number of nitrogens with zero attached hydrogens (tertiary/aromatic N) is 2. The second kappa shape index (κ2) is 6.68. The van der Waals surface area contributed by atoms with Gasteiger partial charge >= 0.3 is 6.09 Å². The largest absolute Gasteiger partial charge is 0.444 e. The highest BCUT2D eigenvalue weighted by Gasteiger charge is 2.41. The number of rotatable bonds is 3. The SMILES string of the molecule is CC(C)(C)OC(=O)N1C[C@@H](F)C[C@H]1CON1C(=O)c2ccccc2C1=O. The quantitative estimate of drug-likeness (QED) is 0.771. The van der Waals surface area contributed by atoms with Crippen LogP contribution in [0.1, 0.15) is 47.9 Å². The van der Waals surface area contributed by atoms with Crippen LogP contribution in [0.25, 0.3) is 0 Å². The molecule has 2 aliphatic rings. The van der Waals surface area contributed by atoms with E-state index in [0.29, 0.717) is 5.06 Å².